The van der Waals surface area contributed by atoms with Crippen molar-refractivity contribution in [3.05, 3.63) is 29.6 Å². The minimum atomic E-state index is -5.04. The van der Waals surface area contributed by atoms with E-state index in [4.69, 9.17) is 5.73 Å². The van der Waals surface area contributed by atoms with Crippen LogP contribution in [0.3, 0.4) is 0 Å². The molecule has 0 aliphatic carbocycles. The van der Waals surface area contributed by atoms with Gasteiger partial charge in [0.05, 0.1) is 5.69 Å². The van der Waals surface area contributed by atoms with Crippen LogP contribution in [0.25, 0.3) is 0 Å². The Morgan fingerprint density at radius 2 is 2.00 bits per heavy atom. The third kappa shape index (κ3) is 2.93. The number of amides is 1. The molecule has 1 amide bonds. The van der Waals surface area contributed by atoms with E-state index in [1.807, 2.05) is 0 Å². The minimum Gasteiger partial charge on any atom is -0.326 e. The van der Waals surface area contributed by atoms with E-state index < -0.39 is 23.6 Å². The van der Waals surface area contributed by atoms with Crippen LogP contribution >= 0.6 is 0 Å². The highest BCUT2D eigenvalue weighted by Gasteiger charge is 2.39. The smallest absolute Gasteiger partial charge is 0.326 e. The second kappa shape index (κ2) is 4.48. The monoisotopic (exact) mass is 236 g/mol. The summed E-state index contributed by atoms with van der Waals surface area (Å²) < 4.78 is 48.7. The fourth-order valence-electron chi connectivity index (χ4n) is 0.980. The predicted octanol–water partition coefficient (Wildman–Crippen LogP) is 1.79. The summed E-state index contributed by atoms with van der Waals surface area (Å²) in [6, 6.07) is 3.32. The molecular weight excluding hydrogens is 228 g/mol. The third-order valence-electron chi connectivity index (χ3n) is 1.77. The Hall–Kier alpha value is -1.63. The highest BCUT2D eigenvalue weighted by molar-refractivity contribution is 5.95. The second-order valence-electron chi connectivity index (χ2n) is 2.97. The summed E-state index contributed by atoms with van der Waals surface area (Å²) in [5.74, 6) is -3.17. The highest BCUT2D eigenvalue weighted by Crippen LogP contribution is 2.20. The highest BCUT2D eigenvalue weighted by atomic mass is 19.4. The van der Waals surface area contributed by atoms with Crippen molar-refractivity contribution in [2.24, 2.45) is 5.73 Å². The number of carbonyl (C=O) groups excluding carboxylic acids is 1. The van der Waals surface area contributed by atoms with E-state index in [9.17, 15) is 22.4 Å². The average Bonchev–Trinajstić information content (AvgIpc) is 2.19. The first-order valence-corrected chi connectivity index (χ1v) is 4.21. The lowest BCUT2D eigenvalue weighted by molar-refractivity contribution is -0.167. The maximum atomic E-state index is 13.1. The molecule has 3 N–H and O–H groups in total. The van der Waals surface area contributed by atoms with Crippen molar-refractivity contribution < 1.29 is 22.4 Å². The number of carbonyl (C=O) groups is 1. The summed E-state index contributed by atoms with van der Waals surface area (Å²) in [6.07, 6.45) is -5.04. The van der Waals surface area contributed by atoms with Crippen molar-refractivity contribution >= 4 is 11.6 Å². The Kier molecular flexibility index (Phi) is 3.48. The number of nitrogens with one attached hydrogen (secondary N) is 1. The van der Waals surface area contributed by atoms with Gasteiger partial charge in [0, 0.05) is 6.54 Å². The summed E-state index contributed by atoms with van der Waals surface area (Å²) in [6.45, 7) is 0.0599. The molecule has 1 aromatic carbocycles. The molecule has 0 aromatic heterocycles. The molecule has 0 saturated heterocycles. The van der Waals surface area contributed by atoms with Crippen LogP contribution in [0.1, 0.15) is 5.56 Å². The van der Waals surface area contributed by atoms with Crippen LogP contribution in [0.15, 0.2) is 18.2 Å². The molecule has 16 heavy (non-hydrogen) atoms. The molecule has 0 radical (unpaired) electrons. The van der Waals surface area contributed by atoms with E-state index in [1.165, 1.54) is 11.4 Å². The maximum Gasteiger partial charge on any atom is 0.471 e. The van der Waals surface area contributed by atoms with Crippen molar-refractivity contribution in [3.8, 4) is 0 Å². The lowest BCUT2D eigenvalue weighted by Crippen LogP contribution is -2.30. The molecule has 1 aromatic rings. The molecule has 0 atom stereocenters. The third-order valence-corrected chi connectivity index (χ3v) is 1.77. The van der Waals surface area contributed by atoms with Gasteiger partial charge in [-0.3, -0.25) is 4.79 Å². The number of rotatable bonds is 2. The van der Waals surface area contributed by atoms with E-state index in [0.29, 0.717) is 5.56 Å². The molecular formula is C9H8F4N2O. The average molecular weight is 236 g/mol. The number of nitrogens with two attached hydrogens (primary N) is 1. The van der Waals surface area contributed by atoms with Crippen molar-refractivity contribution in [1.82, 2.24) is 0 Å². The Bertz CT molecular complexity index is 403. The summed E-state index contributed by atoms with van der Waals surface area (Å²) >= 11 is 0. The first kappa shape index (κ1) is 12.4. The van der Waals surface area contributed by atoms with Gasteiger partial charge >= 0.3 is 12.1 Å². The van der Waals surface area contributed by atoms with Crippen molar-refractivity contribution in [3.63, 3.8) is 0 Å². The van der Waals surface area contributed by atoms with E-state index in [1.54, 1.807) is 0 Å². The largest absolute Gasteiger partial charge is 0.471 e. The SMILES string of the molecule is NCc1ccc(NC(=O)C(F)(F)F)c(F)c1. The normalized spacial score (nSPS) is 11.3. The first-order valence-electron chi connectivity index (χ1n) is 4.21. The zero-order valence-electron chi connectivity index (χ0n) is 7.94. The fraction of sp³-hybridized carbons (Fsp3) is 0.222. The van der Waals surface area contributed by atoms with Crippen LogP contribution in [-0.2, 0) is 11.3 Å². The van der Waals surface area contributed by atoms with Crippen LogP contribution in [0.2, 0.25) is 0 Å². The van der Waals surface area contributed by atoms with E-state index in [2.05, 4.69) is 0 Å². The Labute approximate surface area is 88.2 Å². The van der Waals surface area contributed by atoms with Gasteiger partial charge in [0.25, 0.3) is 0 Å². The molecule has 7 heteroatoms. The van der Waals surface area contributed by atoms with Gasteiger partial charge in [0.15, 0.2) is 0 Å². The number of halogens is 4. The van der Waals surface area contributed by atoms with E-state index in [-0.39, 0.29) is 6.54 Å². The van der Waals surface area contributed by atoms with Crippen LogP contribution in [0.5, 0.6) is 0 Å². The number of hydrogen-bond acceptors (Lipinski definition) is 2. The molecule has 0 aliphatic heterocycles. The standard InChI is InChI=1S/C9H8F4N2O/c10-6-3-5(4-14)1-2-7(6)15-8(16)9(11,12)13/h1-3H,4,14H2,(H,15,16). The number of hydrogen-bond donors (Lipinski definition) is 2. The summed E-state index contributed by atoms with van der Waals surface area (Å²) in [5, 5.41) is 1.42. The van der Waals surface area contributed by atoms with Crippen molar-refractivity contribution in [1.29, 1.82) is 0 Å². The lowest BCUT2D eigenvalue weighted by Gasteiger charge is -2.09. The zero-order chi connectivity index (χ0) is 12.3. The Balaban J connectivity index is 2.87. The second-order valence-corrected chi connectivity index (χ2v) is 2.97. The molecule has 3 nitrogen and oxygen atoms in total. The summed E-state index contributed by atoms with van der Waals surface area (Å²) in [4.78, 5) is 10.5. The minimum absolute atomic E-state index is 0.0599. The molecule has 0 aliphatic rings. The van der Waals surface area contributed by atoms with Gasteiger partial charge < -0.3 is 11.1 Å². The maximum absolute atomic E-state index is 13.1. The first-order chi connectivity index (χ1) is 7.34. The van der Waals surface area contributed by atoms with Gasteiger partial charge in [-0.15, -0.1) is 0 Å². The molecule has 1 rings (SSSR count). The molecule has 0 bridgehead atoms. The topological polar surface area (TPSA) is 55.1 Å². The molecule has 0 heterocycles. The number of benzene rings is 1. The summed E-state index contributed by atoms with van der Waals surface area (Å²) in [7, 11) is 0. The fourth-order valence-corrected chi connectivity index (χ4v) is 0.980. The van der Waals surface area contributed by atoms with Crippen LogP contribution < -0.4 is 11.1 Å². The Morgan fingerprint density at radius 1 is 1.38 bits per heavy atom. The predicted molar refractivity (Wildman–Crippen MR) is 49.0 cm³/mol. The van der Waals surface area contributed by atoms with Gasteiger partial charge in [-0.2, -0.15) is 13.2 Å². The van der Waals surface area contributed by atoms with Gasteiger partial charge in [-0.05, 0) is 17.7 Å². The zero-order valence-corrected chi connectivity index (χ0v) is 7.94. The molecule has 0 fully saturated rings. The van der Waals surface area contributed by atoms with Gasteiger partial charge in [0.1, 0.15) is 5.82 Å². The Morgan fingerprint density at radius 3 is 2.44 bits per heavy atom. The molecule has 88 valence electrons. The van der Waals surface area contributed by atoms with E-state index in [0.717, 1.165) is 12.1 Å². The van der Waals surface area contributed by atoms with Crippen LogP contribution in [0, 0.1) is 5.82 Å². The summed E-state index contributed by atoms with van der Waals surface area (Å²) in [5.41, 5.74) is 5.10. The van der Waals surface area contributed by atoms with Crippen LogP contribution in [-0.4, -0.2) is 12.1 Å². The van der Waals surface area contributed by atoms with Gasteiger partial charge in [-0.25, -0.2) is 4.39 Å². The van der Waals surface area contributed by atoms with Crippen molar-refractivity contribution in [2.45, 2.75) is 12.7 Å². The quantitative estimate of drug-likeness (QED) is 0.769. The molecule has 0 spiro atoms. The van der Waals surface area contributed by atoms with E-state index >= 15 is 0 Å². The number of alkyl halides is 3. The lowest BCUT2D eigenvalue weighted by atomic mass is 10.2. The van der Waals surface area contributed by atoms with Crippen LogP contribution in [0.4, 0.5) is 23.2 Å². The molecule has 0 saturated carbocycles. The van der Waals surface area contributed by atoms with Gasteiger partial charge in [0.2, 0.25) is 0 Å². The number of anilines is 1. The molecule has 0 unspecified atom stereocenters. The van der Waals surface area contributed by atoms with Gasteiger partial charge in [-0.1, -0.05) is 6.07 Å². The van der Waals surface area contributed by atoms with Crippen molar-refractivity contribution in [2.75, 3.05) is 5.32 Å².